The number of carbonyl (C=O) groups is 1. The van der Waals surface area contributed by atoms with Crippen molar-refractivity contribution in [1.82, 2.24) is 5.32 Å². The van der Waals surface area contributed by atoms with Crippen molar-refractivity contribution in [2.45, 2.75) is 97.5 Å². The molecule has 0 saturated carbocycles. The van der Waals surface area contributed by atoms with Crippen molar-refractivity contribution in [3.8, 4) is 11.5 Å². The van der Waals surface area contributed by atoms with Gasteiger partial charge in [-0.15, -0.1) is 5.54 Å². The minimum atomic E-state index is -1.81. The van der Waals surface area contributed by atoms with E-state index in [0.717, 1.165) is 19.4 Å². The SMILES string of the molecule is CC(=O)N[C@H](C#C[Si](C(C)C)(C(C)C)C(C)C)[C@H](C)CCCOCc1ccccc1. The van der Waals surface area contributed by atoms with Gasteiger partial charge in [0.05, 0.1) is 12.6 Å². The first-order valence-electron chi connectivity index (χ1n) is 11.5. The van der Waals surface area contributed by atoms with Gasteiger partial charge in [0.15, 0.2) is 0 Å². The van der Waals surface area contributed by atoms with Crippen LogP contribution in [0.3, 0.4) is 0 Å². The van der Waals surface area contributed by atoms with Gasteiger partial charge in [-0.05, 0) is 40.9 Å². The Morgan fingerprint density at radius 1 is 1.00 bits per heavy atom. The lowest BCUT2D eigenvalue weighted by atomic mass is 9.97. The van der Waals surface area contributed by atoms with Crippen molar-refractivity contribution >= 4 is 14.0 Å². The van der Waals surface area contributed by atoms with Crippen molar-refractivity contribution in [3.63, 3.8) is 0 Å². The third-order valence-corrected chi connectivity index (χ3v) is 12.6. The van der Waals surface area contributed by atoms with Crippen molar-refractivity contribution < 1.29 is 9.53 Å². The molecule has 0 fully saturated rings. The molecule has 168 valence electrons. The van der Waals surface area contributed by atoms with E-state index in [1.54, 1.807) is 6.92 Å². The molecule has 1 aromatic rings. The fraction of sp³-hybridized carbons (Fsp3) is 0.654. The minimum absolute atomic E-state index is 0.00705. The number of ether oxygens (including phenoxy) is 1. The Labute approximate surface area is 186 Å². The minimum Gasteiger partial charge on any atom is -0.377 e. The number of nitrogens with one attached hydrogen (secondary N) is 1. The molecular formula is C26H43NO2Si. The second-order valence-electron chi connectivity index (χ2n) is 9.50. The number of hydrogen-bond acceptors (Lipinski definition) is 2. The summed E-state index contributed by atoms with van der Waals surface area (Å²) in [7, 11) is -1.81. The predicted octanol–water partition coefficient (Wildman–Crippen LogP) is 6.35. The fourth-order valence-corrected chi connectivity index (χ4v) is 9.89. The summed E-state index contributed by atoms with van der Waals surface area (Å²) in [5.41, 5.74) is 6.75. The van der Waals surface area contributed by atoms with Gasteiger partial charge in [0.2, 0.25) is 5.91 Å². The summed E-state index contributed by atoms with van der Waals surface area (Å²) in [5, 5.41) is 3.10. The Morgan fingerprint density at radius 2 is 1.57 bits per heavy atom. The molecule has 0 aliphatic heterocycles. The molecule has 4 heteroatoms. The van der Waals surface area contributed by atoms with E-state index in [1.165, 1.54) is 5.56 Å². The van der Waals surface area contributed by atoms with Crippen LogP contribution in [0.2, 0.25) is 16.6 Å². The molecule has 0 saturated heterocycles. The third-order valence-electron chi connectivity index (χ3n) is 6.30. The normalized spacial score (nSPS) is 13.8. The van der Waals surface area contributed by atoms with E-state index in [-0.39, 0.29) is 11.9 Å². The van der Waals surface area contributed by atoms with E-state index in [4.69, 9.17) is 4.74 Å². The van der Waals surface area contributed by atoms with E-state index in [2.05, 4.69) is 77.4 Å². The van der Waals surface area contributed by atoms with Crippen LogP contribution < -0.4 is 5.32 Å². The van der Waals surface area contributed by atoms with Crippen LogP contribution in [-0.4, -0.2) is 26.6 Å². The van der Waals surface area contributed by atoms with Gasteiger partial charge in [0, 0.05) is 13.5 Å². The molecule has 3 nitrogen and oxygen atoms in total. The summed E-state index contributed by atoms with van der Waals surface area (Å²) in [5.74, 6) is 3.83. The molecule has 1 rings (SSSR count). The quantitative estimate of drug-likeness (QED) is 0.253. The molecular weight excluding hydrogens is 386 g/mol. The van der Waals surface area contributed by atoms with Crippen LogP contribution in [0.25, 0.3) is 0 Å². The van der Waals surface area contributed by atoms with Crippen LogP contribution in [-0.2, 0) is 16.1 Å². The zero-order chi connectivity index (χ0) is 22.7. The molecule has 0 aliphatic rings. The topological polar surface area (TPSA) is 38.3 Å². The first-order chi connectivity index (χ1) is 14.1. The van der Waals surface area contributed by atoms with Gasteiger partial charge in [0.25, 0.3) is 0 Å². The summed E-state index contributed by atoms with van der Waals surface area (Å²) < 4.78 is 5.82. The lowest BCUT2D eigenvalue weighted by Crippen LogP contribution is -2.44. The molecule has 1 aromatic carbocycles. The van der Waals surface area contributed by atoms with E-state index < -0.39 is 8.07 Å². The summed E-state index contributed by atoms with van der Waals surface area (Å²) in [4.78, 5) is 11.8. The number of hydrogen-bond donors (Lipinski definition) is 1. The van der Waals surface area contributed by atoms with Gasteiger partial charge in [-0.25, -0.2) is 0 Å². The zero-order valence-corrected chi connectivity index (χ0v) is 21.4. The van der Waals surface area contributed by atoms with E-state index in [9.17, 15) is 4.79 Å². The van der Waals surface area contributed by atoms with Crippen molar-refractivity contribution in [1.29, 1.82) is 0 Å². The van der Waals surface area contributed by atoms with Gasteiger partial charge >= 0.3 is 0 Å². The first-order valence-corrected chi connectivity index (χ1v) is 13.8. The molecule has 0 bridgehead atoms. The summed E-state index contributed by atoms with van der Waals surface area (Å²) in [6.45, 7) is 19.1. The third kappa shape index (κ3) is 7.93. The van der Waals surface area contributed by atoms with E-state index in [1.807, 2.05) is 18.2 Å². The average molecular weight is 430 g/mol. The van der Waals surface area contributed by atoms with Crippen LogP contribution in [0.1, 0.15) is 73.8 Å². The van der Waals surface area contributed by atoms with Crippen molar-refractivity contribution in [2.24, 2.45) is 5.92 Å². The van der Waals surface area contributed by atoms with Crippen LogP contribution in [0, 0.1) is 17.4 Å². The molecule has 30 heavy (non-hydrogen) atoms. The highest BCUT2D eigenvalue weighted by molar-refractivity contribution is 6.90. The smallest absolute Gasteiger partial charge is 0.217 e. The van der Waals surface area contributed by atoms with E-state index in [0.29, 0.717) is 29.1 Å². The Kier molecular flexibility index (Phi) is 11.4. The van der Waals surface area contributed by atoms with Gasteiger partial charge in [-0.1, -0.05) is 84.7 Å². The van der Waals surface area contributed by atoms with Gasteiger partial charge in [0.1, 0.15) is 8.07 Å². The maximum absolute atomic E-state index is 11.8. The number of carbonyl (C=O) groups excluding carboxylic acids is 1. The largest absolute Gasteiger partial charge is 0.377 e. The molecule has 0 spiro atoms. The standard InChI is InChI=1S/C26H43NO2Si/c1-20(2)30(21(3)4,22(5)6)18-16-26(27-24(8)28)23(7)13-12-17-29-19-25-14-10-9-11-15-25/h9-11,14-15,20-23,26H,12-13,17,19H2,1-8H3,(H,27,28)/t23-,26-/m1/s1. The van der Waals surface area contributed by atoms with Gasteiger partial charge < -0.3 is 10.1 Å². The van der Waals surface area contributed by atoms with Crippen LogP contribution in [0.15, 0.2) is 30.3 Å². The predicted molar refractivity (Wildman–Crippen MR) is 131 cm³/mol. The summed E-state index contributed by atoms with van der Waals surface area (Å²) in [6, 6.07) is 10.2. The Balaban J connectivity index is 2.76. The summed E-state index contributed by atoms with van der Waals surface area (Å²) >= 11 is 0. The van der Waals surface area contributed by atoms with Crippen LogP contribution in [0.4, 0.5) is 0 Å². The van der Waals surface area contributed by atoms with Gasteiger partial charge in [-0.2, -0.15) is 0 Å². The fourth-order valence-electron chi connectivity index (χ4n) is 4.61. The van der Waals surface area contributed by atoms with Crippen LogP contribution in [0.5, 0.6) is 0 Å². The number of rotatable bonds is 11. The van der Waals surface area contributed by atoms with Crippen LogP contribution >= 0.6 is 0 Å². The maximum Gasteiger partial charge on any atom is 0.217 e. The van der Waals surface area contributed by atoms with Crippen molar-refractivity contribution in [3.05, 3.63) is 35.9 Å². The second kappa shape index (κ2) is 13.0. The number of benzene rings is 1. The molecule has 2 atom stereocenters. The highest BCUT2D eigenvalue weighted by atomic mass is 28.3. The molecule has 1 N–H and O–H groups in total. The lowest BCUT2D eigenvalue weighted by Gasteiger charge is -2.38. The summed E-state index contributed by atoms with van der Waals surface area (Å²) in [6.07, 6.45) is 1.95. The monoisotopic (exact) mass is 429 g/mol. The molecule has 0 unspecified atom stereocenters. The first kappa shape index (κ1) is 26.5. The molecule has 0 heterocycles. The Bertz CT molecular complexity index is 666. The highest BCUT2D eigenvalue weighted by Gasteiger charge is 2.41. The molecule has 0 radical (unpaired) electrons. The highest BCUT2D eigenvalue weighted by Crippen LogP contribution is 2.40. The average Bonchev–Trinajstić information content (AvgIpc) is 2.66. The van der Waals surface area contributed by atoms with Gasteiger partial charge in [-0.3, -0.25) is 4.79 Å². The maximum atomic E-state index is 11.8. The van der Waals surface area contributed by atoms with E-state index >= 15 is 0 Å². The van der Waals surface area contributed by atoms with Crippen molar-refractivity contribution in [2.75, 3.05) is 6.61 Å². The second-order valence-corrected chi connectivity index (χ2v) is 15.1. The molecule has 1 amide bonds. The number of amides is 1. The molecule has 0 aliphatic carbocycles. The Morgan fingerprint density at radius 3 is 2.07 bits per heavy atom. The lowest BCUT2D eigenvalue weighted by molar-refractivity contribution is -0.119. The Hall–Kier alpha value is -1.57. The zero-order valence-electron chi connectivity index (χ0n) is 20.4. The molecule has 0 aromatic heterocycles.